The number of rotatable bonds is 6. The predicted molar refractivity (Wildman–Crippen MR) is 118 cm³/mol. The normalized spacial score (nSPS) is 20.1. The molecule has 0 N–H and O–H groups in total. The highest BCUT2D eigenvalue weighted by Crippen LogP contribution is 2.44. The largest absolute Gasteiger partial charge is 0.497 e. The number of piperidine rings is 1. The highest BCUT2D eigenvalue weighted by molar-refractivity contribution is 6.25. The second-order valence-corrected chi connectivity index (χ2v) is 7.50. The average molecular weight is 439 g/mol. The number of carbonyl (C=O) groups is 2. The van der Waals surface area contributed by atoms with Gasteiger partial charge in [-0.3, -0.25) is 9.69 Å². The summed E-state index contributed by atoms with van der Waals surface area (Å²) in [5.41, 5.74) is 1.42. The summed E-state index contributed by atoms with van der Waals surface area (Å²) in [4.78, 5) is 33.2. The first kappa shape index (κ1) is 21.5. The van der Waals surface area contributed by atoms with E-state index in [1.54, 1.807) is 31.2 Å². The maximum absolute atomic E-state index is 13.4. The molecule has 1 saturated heterocycles. The first-order valence-corrected chi connectivity index (χ1v) is 10.1. The number of hydrogen-bond donors (Lipinski definition) is 0. The molecule has 0 bridgehead atoms. The van der Waals surface area contributed by atoms with Gasteiger partial charge >= 0.3 is 6.03 Å². The molecule has 0 spiro atoms. The topological polar surface area (TPSA) is 89.9 Å². The predicted octanol–water partition coefficient (Wildman–Crippen LogP) is 3.07. The number of ether oxygens (including phenoxy) is 4. The third kappa shape index (κ3) is 3.39. The number of aliphatic imine (C=N–C) groups is 1. The van der Waals surface area contributed by atoms with E-state index in [1.165, 1.54) is 26.2 Å². The Labute approximate surface area is 186 Å². The molecule has 9 heteroatoms. The number of methoxy groups -OCH3 is 4. The quantitative estimate of drug-likeness (QED) is 0.687. The molecule has 0 aliphatic carbocycles. The smallest absolute Gasteiger partial charge is 0.345 e. The van der Waals surface area contributed by atoms with Crippen LogP contribution >= 0.6 is 0 Å². The summed E-state index contributed by atoms with van der Waals surface area (Å²) in [6.07, 6.45) is 0.199. The van der Waals surface area contributed by atoms with E-state index in [0.29, 0.717) is 28.8 Å². The van der Waals surface area contributed by atoms with Crippen molar-refractivity contribution in [3.63, 3.8) is 0 Å². The van der Waals surface area contributed by atoms with Gasteiger partial charge in [0.05, 0.1) is 40.2 Å². The standard InChI is InChI=1S/C23H25N3O6/c1-25-20-16(13-6-8-15(29-2)9-7-13)12-19(27)26(22(20)24-23(25)28)14-10-17(30-3)21(32-5)18(11-14)31-4/h6-11,16,20H,12H2,1-5H3. The second kappa shape index (κ2) is 8.41. The van der Waals surface area contributed by atoms with E-state index in [4.69, 9.17) is 18.9 Å². The number of anilines is 1. The molecule has 32 heavy (non-hydrogen) atoms. The van der Waals surface area contributed by atoms with E-state index in [0.717, 1.165) is 11.3 Å². The van der Waals surface area contributed by atoms with Crippen molar-refractivity contribution in [2.45, 2.75) is 18.4 Å². The highest BCUT2D eigenvalue weighted by atomic mass is 16.5. The number of nitrogens with zero attached hydrogens (tertiary/aromatic N) is 3. The lowest BCUT2D eigenvalue weighted by molar-refractivity contribution is -0.118. The van der Waals surface area contributed by atoms with Gasteiger partial charge in [0.25, 0.3) is 0 Å². The molecule has 2 aromatic rings. The Balaban J connectivity index is 1.79. The number of likely N-dealkylation sites (N-methyl/N-ethyl adjacent to an activating group) is 1. The fraction of sp³-hybridized carbons (Fsp3) is 0.348. The molecule has 168 valence electrons. The zero-order valence-corrected chi connectivity index (χ0v) is 18.6. The van der Waals surface area contributed by atoms with Crippen LogP contribution in [0.1, 0.15) is 17.9 Å². The number of fused-ring (bicyclic) bond motifs is 1. The summed E-state index contributed by atoms with van der Waals surface area (Å²) in [6.45, 7) is 0. The molecule has 3 amide bonds. The van der Waals surface area contributed by atoms with Gasteiger partial charge in [0.15, 0.2) is 11.5 Å². The van der Waals surface area contributed by atoms with Crippen molar-refractivity contribution in [3.05, 3.63) is 42.0 Å². The van der Waals surface area contributed by atoms with Crippen LogP contribution < -0.4 is 23.8 Å². The Hall–Kier alpha value is -3.75. The molecule has 2 unspecified atom stereocenters. The minimum Gasteiger partial charge on any atom is -0.497 e. The number of hydrogen-bond acceptors (Lipinski definition) is 6. The van der Waals surface area contributed by atoms with E-state index in [2.05, 4.69) is 4.99 Å². The third-order valence-electron chi connectivity index (χ3n) is 5.90. The summed E-state index contributed by atoms with van der Waals surface area (Å²) < 4.78 is 21.5. The summed E-state index contributed by atoms with van der Waals surface area (Å²) >= 11 is 0. The molecule has 9 nitrogen and oxygen atoms in total. The van der Waals surface area contributed by atoms with Crippen molar-refractivity contribution in [3.8, 4) is 23.0 Å². The molecule has 1 fully saturated rings. The Morgan fingerprint density at radius 3 is 2.06 bits per heavy atom. The highest BCUT2D eigenvalue weighted by Gasteiger charge is 2.48. The van der Waals surface area contributed by atoms with Crippen LogP contribution in [0.5, 0.6) is 23.0 Å². The SMILES string of the molecule is COc1ccc(C2CC(=O)N(c3cc(OC)c(OC)c(OC)c3)C3=NC(=O)N(C)C32)cc1. The van der Waals surface area contributed by atoms with Gasteiger partial charge in [-0.2, -0.15) is 4.99 Å². The fourth-order valence-electron chi connectivity index (χ4n) is 4.31. The number of urea groups is 1. The van der Waals surface area contributed by atoms with Gasteiger partial charge in [-0.1, -0.05) is 12.1 Å². The van der Waals surface area contributed by atoms with Crippen molar-refractivity contribution in [1.29, 1.82) is 0 Å². The number of benzene rings is 2. The van der Waals surface area contributed by atoms with E-state index < -0.39 is 12.1 Å². The molecular weight excluding hydrogens is 414 g/mol. The van der Waals surface area contributed by atoms with E-state index in [1.807, 2.05) is 24.3 Å². The molecular formula is C23H25N3O6. The van der Waals surface area contributed by atoms with Gasteiger partial charge < -0.3 is 23.8 Å². The molecule has 0 radical (unpaired) electrons. The van der Waals surface area contributed by atoms with Crippen LogP contribution in [0.4, 0.5) is 10.5 Å². The first-order valence-electron chi connectivity index (χ1n) is 10.1. The first-order chi connectivity index (χ1) is 15.4. The minimum atomic E-state index is -0.396. The zero-order chi connectivity index (χ0) is 23.0. The van der Waals surface area contributed by atoms with Crippen molar-refractivity contribution in [2.24, 2.45) is 4.99 Å². The van der Waals surface area contributed by atoms with E-state index in [-0.39, 0.29) is 18.2 Å². The van der Waals surface area contributed by atoms with Crippen LogP contribution in [0, 0.1) is 0 Å². The Morgan fingerprint density at radius 1 is 0.906 bits per heavy atom. The molecule has 2 atom stereocenters. The van der Waals surface area contributed by atoms with Crippen molar-refractivity contribution >= 4 is 23.5 Å². The summed E-state index contributed by atoms with van der Waals surface area (Å²) in [7, 11) is 7.82. The van der Waals surface area contributed by atoms with Crippen LogP contribution in [0.25, 0.3) is 0 Å². The maximum Gasteiger partial charge on any atom is 0.345 e. The van der Waals surface area contributed by atoms with Gasteiger partial charge in [0.1, 0.15) is 11.6 Å². The lowest BCUT2D eigenvalue weighted by atomic mass is 9.83. The van der Waals surface area contributed by atoms with Crippen LogP contribution in [-0.4, -0.2) is 64.2 Å². The van der Waals surface area contributed by atoms with Crippen LogP contribution in [0.2, 0.25) is 0 Å². The monoisotopic (exact) mass is 439 g/mol. The Bertz CT molecular complexity index is 1060. The van der Waals surface area contributed by atoms with Gasteiger partial charge in [0.2, 0.25) is 11.7 Å². The molecule has 2 heterocycles. The summed E-state index contributed by atoms with van der Waals surface area (Å²) in [5.74, 6) is 1.91. The lowest BCUT2D eigenvalue weighted by Gasteiger charge is -2.39. The van der Waals surface area contributed by atoms with Gasteiger partial charge in [-0.05, 0) is 17.7 Å². The molecule has 0 saturated carbocycles. The van der Waals surface area contributed by atoms with E-state index >= 15 is 0 Å². The number of carbonyl (C=O) groups excluding carboxylic acids is 2. The maximum atomic E-state index is 13.4. The Morgan fingerprint density at radius 2 is 1.53 bits per heavy atom. The average Bonchev–Trinajstić information content (AvgIpc) is 3.11. The van der Waals surface area contributed by atoms with Crippen molar-refractivity contribution in [2.75, 3.05) is 40.4 Å². The van der Waals surface area contributed by atoms with E-state index in [9.17, 15) is 9.59 Å². The zero-order valence-electron chi connectivity index (χ0n) is 18.6. The molecule has 2 aliphatic rings. The second-order valence-electron chi connectivity index (χ2n) is 7.50. The third-order valence-corrected chi connectivity index (χ3v) is 5.90. The lowest BCUT2D eigenvalue weighted by Crippen LogP contribution is -2.54. The molecule has 0 aromatic heterocycles. The van der Waals surface area contributed by atoms with Gasteiger partial charge in [-0.15, -0.1) is 0 Å². The van der Waals surface area contributed by atoms with Crippen LogP contribution in [0.15, 0.2) is 41.4 Å². The van der Waals surface area contributed by atoms with Gasteiger partial charge in [0, 0.05) is 31.5 Å². The fourth-order valence-corrected chi connectivity index (χ4v) is 4.31. The Kier molecular flexibility index (Phi) is 5.65. The van der Waals surface area contributed by atoms with Gasteiger partial charge in [-0.25, -0.2) is 4.79 Å². The number of amides is 3. The van der Waals surface area contributed by atoms with Crippen LogP contribution in [-0.2, 0) is 4.79 Å². The molecule has 2 aromatic carbocycles. The molecule has 2 aliphatic heterocycles. The summed E-state index contributed by atoms with van der Waals surface area (Å²) in [6, 6.07) is 10.1. The van der Waals surface area contributed by atoms with Crippen LogP contribution in [0.3, 0.4) is 0 Å². The minimum absolute atomic E-state index is 0.182. The summed E-state index contributed by atoms with van der Waals surface area (Å²) in [5, 5.41) is 0. The van der Waals surface area contributed by atoms with Crippen molar-refractivity contribution in [1.82, 2.24) is 4.90 Å². The number of amidine groups is 1. The molecule has 4 rings (SSSR count). The van der Waals surface area contributed by atoms with Crippen molar-refractivity contribution < 1.29 is 28.5 Å².